The first kappa shape index (κ1) is 10.8. The smallest absolute Gasteiger partial charge is 0.0576 e. The quantitative estimate of drug-likeness (QED) is 0.815. The molecule has 2 bridgehead atoms. The number of aliphatic hydroxyl groups excluding tert-OH is 1. The largest absolute Gasteiger partial charge is 0.393 e. The third-order valence-electron chi connectivity index (χ3n) is 6.15. The maximum atomic E-state index is 10.5. The molecule has 3 saturated carbocycles. The van der Waals surface area contributed by atoms with E-state index in [1.165, 1.54) is 32.1 Å². The van der Waals surface area contributed by atoms with E-state index in [9.17, 15) is 5.11 Å². The van der Waals surface area contributed by atoms with Crippen molar-refractivity contribution in [3.8, 4) is 0 Å². The van der Waals surface area contributed by atoms with Crippen LogP contribution >= 0.6 is 0 Å². The second-order valence-corrected chi connectivity index (χ2v) is 6.92. The zero-order valence-corrected chi connectivity index (χ0v) is 10.6. The summed E-state index contributed by atoms with van der Waals surface area (Å²) in [7, 11) is 0. The van der Waals surface area contributed by atoms with Gasteiger partial charge in [0.25, 0.3) is 0 Å². The molecule has 1 saturated heterocycles. The fourth-order valence-corrected chi connectivity index (χ4v) is 5.39. The van der Waals surface area contributed by atoms with Crippen molar-refractivity contribution >= 4 is 0 Å². The van der Waals surface area contributed by atoms with Gasteiger partial charge in [0, 0.05) is 13.2 Å². The predicted octanol–water partition coefficient (Wildman–Crippen LogP) is 2.46. The molecule has 0 spiro atoms. The average molecular weight is 236 g/mol. The van der Waals surface area contributed by atoms with Gasteiger partial charge in [0.15, 0.2) is 0 Å². The highest BCUT2D eigenvalue weighted by molar-refractivity contribution is 5.14. The monoisotopic (exact) mass is 236 g/mol. The van der Waals surface area contributed by atoms with Crippen molar-refractivity contribution in [2.45, 2.75) is 44.6 Å². The first-order valence-electron chi connectivity index (χ1n) is 7.60. The molecule has 3 aliphatic carbocycles. The van der Waals surface area contributed by atoms with Gasteiger partial charge < -0.3 is 9.84 Å². The summed E-state index contributed by atoms with van der Waals surface area (Å²) in [6.45, 7) is 1.83. The lowest BCUT2D eigenvalue weighted by Gasteiger charge is -2.25. The van der Waals surface area contributed by atoms with Gasteiger partial charge in [-0.3, -0.25) is 0 Å². The van der Waals surface area contributed by atoms with Gasteiger partial charge in [0.2, 0.25) is 0 Å². The first-order chi connectivity index (χ1) is 8.34. The summed E-state index contributed by atoms with van der Waals surface area (Å²) >= 11 is 0. The van der Waals surface area contributed by atoms with Crippen molar-refractivity contribution in [3.63, 3.8) is 0 Å². The number of rotatable bonds is 3. The zero-order chi connectivity index (χ0) is 11.4. The zero-order valence-electron chi connectivity index (χ0n) is 10.6. The van der Waals surface area contributed by atoms with E-state index in [-0.39, 0.29) is 6.10 Å². The molecule has 0 aromatic heterocycles. The molecule has 1 aliphatic heterocycles. The molecule has 2 heteroatoms. The van der Waals surface area contributed by atoms with Crippen molar-refractivity contribution in [1.82, 2.24) is 0 Å². The summed E-state index contributed by atoms with van der Waals surface area (Å²) in [6.07, 6.45) is 7.84. The molecular formula is C15H24O2. The van der Waals surface area contributed by atoms with Crippen molar-refractivity contribution < 1.29 is 9.84 Å². The highest BCUT2D eigenvalue weighted by Gasteiger charge is 2.66. The molecule has 1 heterocycles. The third kappa shape index (κ3) is 1.67. The van der Waals surface area contributed by atoms with Crippen LogP contribution in [0.25, 0.3) is 0 Å². The minimum absolute atomic E-state index is 0.0106. The second-order valence-electron chi connectivity index (χ2n) is 6.92. The van der Waals surface area contributed by atoms with Crippen LogP contribution in [0.5, 0.6) is 0 Å². The van der Waals surface area contributed by atoms with Crippen LogP contribution in [0.1, 0.15) is 38.5 Å². The molecule has 1 N–H and O–H groups in total. The Hall–Kier alpha value is -0.0800. The Morgan fingerprint density at radius 3 is 2.29 bits per heavy atom. The molecule has 4 rings (SSSR count). The number of hydrogen-bond acceptors (Lipinski definition) is 2. The molecule has 17 heavy (non-hydrogen) atoms. The van der Waals surface area contributed by atoms with Crippen LogP contribution < -0.4 is 0 Å². The lowest BCUT2D eigenvalue weighted by molar-refractivity contribution is 0.0344. The summed E-state index contributed by atoms with van der Waals surface area (Å²) in [6, 6.07) is 0. The Balaban J connectivity index is 1.34. The van der Waals surface area contributed by atoms with Gasteiger partial charge in [-0.15, -0.1) is 0 Å². The summed E-state index contributed by atoms with van der Waals surface area (Å²) < 4.78 is 5.39. The van der Waals surface area contributed by atoms with Crippen molar-refractivity contribution in [2.24, 2.45) is 35.5 Å². The van der Waals surface area contributed by atoms with Gasteiger partial charge in [-0.25, -0.2) is 0 Å². The van der Waals surface area contributed by atoms with Gasteiger partial charge in [-0.05, 0) is 74.0 Å². The fraction of sp³-hybridized carbons (Fsp3) is 1.00. The van der Waals surface area contributed by atoms with Crippen LogP contribution in [0.2, 0.25) is 0 Å². The first-order valence-corrected chi connectivity index (χ1v) is 7.60. The molecular weight excluding hydrogens is 212 g/mol. The number of hydrogen-bond donors (Lipinski definition) is 1. The van der Waals surface area contributed by atoms with Gasteiger partial charge in [0.05, 0.1) is 6.10 Å². The molecule has 5 atom stereocenters. The van der Waals surface area contributed by atoms with Crippen LogP contribution in [0.4, 0.5) is 0 Å². The fourth-order valence-electron chi connectivity index (χ4n) is 5.39. The Morgan fingerprint density at radius 2 is 1.65 bits per heavy atom. The van der Waals surface area contributed by atoms with Crippen LogP contribution in [0.3, 0.4) is 0 Å². The average Bonchev–Trinajstić information content (AvgIpc) is 2.80. The number of ether oxygens (including phenoxy) is 1. The van der Waals surface area contributed by atoms with E-state index in [0.29, 0.717) is 5.92 Å². The topological polar surface area (TPSA) is 29.5 Å². The lowest BCUT2D eigenvalue weighted by atomic mass is 9.89. The SMILES string of the molecule is OC(CC1CCOCC1)C1C2C3CCC(C3)C12. The summed E-state index contributed by atoms with van der Waals surface area (Å²) in [5, 5.41) is 10.5. The Kier molecular flexibility index (Phi) is 2.52. The Bertz CT molecular complexity index is 281. The van der Waals surface area contributed by atoms with E-state index < -0.39 is 0 Å². The van der Waals surface area contributed by atoms with Gasteiger partial charge in [-0.2, -0.15) is 0 Å². The molecule has 0 aromatic carbocycles. The number of fused-ring (bicyclic) bond motifs is 5. The molecule has 0 radical (unpaired) electrons. The van der Waals surface area contributed by atoms with E-state index in [1.807, 2.05) is 0 Å². The van der Waals surface area contributed by atoms with E-state index >= 15 is 0 Å². The minimum atomic E-state index is 0.0106. The molecule has 0 amide bonds. The molecule has 5 unspecified atom stereocenters. The van der Waals surface area contributed by atoms with Gasteiger partial charge in [0.1, 0.15) is 0 Å². The van der Waals surface area contributed by atoms with Gasteiger partial charge >= 0.3 is 0 Å². The van der Waals surface area contributed by atoms with E-state index in [1.54, 1.807) is 0 Å². The highest BCUT2D eigenvalue weighted by atomic mass is 16.5. The Labute approximate surface area is 104 Å². The molecule has 0 aromatic rings. The van der Waals surface area contributed by atoms with E-state index in [2.05, 4.69) is 0 Å². The normalized spacial score (nSPS) is 50.3. The van der Waals surface area contributed by atoms with Crippen LogP contribution in [-0.2, 0) is 4.74 Å². The maximum Gasteiger partial charge on any atom is 0.0576 e. The van der Waals surface area contributed by atoms with Crippen molar-refractivity contribution in [3.05, 3.63) is 0 Å². The van der Waals surface area contributed by atoms with Crippen molar-refractivity contribution in [1.29, 1.82) is 0 Å². The van der Waals surface area contributed by atoms with Crippen molar-refractivity contribution in [2.75, 3.05) is 13.2 Å². The molecule has 4 fully saturated rings. The lowest BCUT2D eigenvalue weighted by Crippen LogP contribution is -2.24. The van der Waals surface area contributed by atoms with Crippen LogP contribution in [0.15, 0.2) is 0 Å². The van der Waals surface area contributed by atoms with Crippen LogP contribution in [0, 0.1) is 35.5 Å². The molecule has 2 nitrogen and oxygen atoms in total. The van der Waals surface area contributed by atoms with Crippen LogP contribution in [-0.4, -0.2) is 24.4 Å². The predicted molar refractivity (Wildman–Crippen MR) is 65.5 cm³/mol. The van der Waals surface area contributed by atoms with E-state index in [0.717, 1.165) is 49.2 Å². The standard InChI is InChI=1S/C15H24O2/c16-12(7-9-3-5-17-6-4-9)15-13-10-1-2-11(8-10)14(13)15/h9-16H,1-8H2. The highest BCUT2D eigenvalue weighted by Crippen LogP contribution is 2.70. The third-order valence-corrected chi connectivity index (χ3v) is 6.15. The second kappa shape index (κ2) is 3.96. The van der Waals surface area contributed by atoms with E-state index in [4.69, 9.17) is 4.74 Å². The van der Waals surface area contributed by atoms with Gasteiger partial charge in [-0.1, -0.05) is 0 Å². The number of aliphatic hydroxyl groups is 1. The Morgan fingerprint density at radius 1 is 1.00 bits per heavy atom. The minimum Gasteiger partial charge on any atom is -0.393 e. The summed E-state index contributed by atoms with van der Waals surface area (Å²) in [5.74, 6) is 5.30. The maximum absolute atomic E-state index is 10.5. The summed E-state index contributed by atoms with van der Waals surface area (Å²) in [5.41, 5.74) is 0. The molecule has 96 valence electrons. The molecule has 4 aliphatic rings. The summed E-state index contributed by atoms with van der Waals surface area (Å²) in [4.78, 5) is 0.